The second-order valence-electron chi connectivity index (χ2n) is 5.84. The highest BCUT2D eigenvalue weighted by atomic mass is 15.1. The van der Waals surface area contributed by atoms with Gasteiger partial charge in [-0.25, -0.2) is 4.98 Å². The molecule has 3 heteroatoms. The van der Waals surface area contributed by atoms with Crippen LogP contribution in [-0.2, 0) is 6.42 Å². The van der Waals surface area contributed by atoms with E-state index in [1.165, 1.54) is 37.1 Å². The maximum absolute atomic E-state index is 4.31. The number of hydrogen-bond donors (Lipinski definition) is 1. The lowest BCUT2D eigenvalue weighted by Crippen LogP contribution is -2.35. The molecule has 0 amide bonds. The van der Waals surface area contributed by atoms with E-state index in [9.17, 15) is 0 Å². The van der Waals surface area contributed by atoms with Crippen LogP contribution in [0.3, 0.4) is 0 Å². The summed E-state index contributed by atoms with van der Waals surface area (Å²) in [7, 11) is 0. The van der Waals surface area contributed by atoms with Gasteiger partial charge in [0.25, 0.3) is 0 Å². The standard InChI is InChI=1S/C17H23N3/c1-14-4-2-5-15(12-14)16-6-3-10-20(13-16)11-7-17-18-8-9-19-17/h2,4-5,8-9,12,16H,3,6-7,10-11,13H2,1H3,(H,18,19). The highest BCUT2D eigenvalue weighted by Crippen LogP contribution is 2.27. The van der Waals surface area contributed by atoms with Crippen molar-refractivity contribution in [1.29, 1.82) is 0 Å². The summed E-state index contributed by atoms with van der Waals surface area (Å²) >= 11 is 0. The number of hydrogen-bond acceptors (Lipinski definition) is 2. The average Bonchev–Trinajstić information content (AvgIpc) is 2.99. The molecule has 1 aromatic heterocycles. The van der Waals surface area contributed by atoms with E-state index in [1.807, 2.05) is 12.4 Å². The van der Waals surface area contributed by atoms with Gasteiger partial charge >= 0.3 is 0 Å². The summed E-state index contributed by atoms with van der Waals surface area (Å²) in [6.07, 6.45) is 7.38. The number of imidazole rings is 1. The molecule has 0 saturated carbocycles. The Morgan fingerprint density at radius 3 is 3.15 bits per heavy atom. The van der Waals surface area contributed by atoms with E-state index in [2.05, 4.69) is 46.1 Å². The molecule has 1 N–H and O–H groups in total. The van der Waals surface area contributed by atoms with Gasteiger partial charge in [0.15, 0.2) is 0 Å². The number of aromatic amines is 1. The Bertz CT molecular complexity index is 533. The summed E-state index contributed by atoms with van der Waals surface area (Å²) < 4.78 is 0. The first-order chi connectivity index (χ1) is 9.81. The van der Waals surface area contributed by atoms with Crippen LogP contribution in [0.2, 0.25) is 0 Å². The highest BCUT2D eigenvalue weighted by Gasteiger charge is 2.21. The summed E-state index contributed by atoms with van der Waals surface area (Å²) in [6.45, 7) is 5.70. The number of rotatable bonds is 4. The van der Waals surface area contributed by atoms with Gasteiger partial charge < -0.3 is 9.88 Å². The van der Waals surface area contributed by atoms with Crippen molar-refractivity contribution in [3.8, 4) is 0 Å². The van der Waals surface area contributed by atoms with Crippen LogP contribution in [0, 0.1) is 6.92 Å². The smallest absolute Gasteiger partial charge is 0.107 e. The molecule has 0 aliphatic carbocycles. The molecule has 1 aliphatic rings. The molecule has 0 bridgehead atoms. The van der Waals surface area contributed by atoms with Gasteiger partial charge in [-0.05, 0) is 37.8 Å². The Labute approximate surface area is 121 Å². The first kappa shape index (κ1) is 13.4. The van der Waals surface area contributed by atoms with Crippen molar-refractivity contribution in [3.05, 3.63) is 53.6 Å². The van der Waals surface area contributed by atoms with Gasteiger partial charge in [-0.3, -0.25) is 0 Å². The second-order valence-corrected chi connectivity index (χ2v) is 5.84. The lowest BCUT2D eigenvalue weighted by atomic mass is 9.90. The summed E-state index contributed by atoms with van der Waals surface area (Å²) in [5, 5.41) is 0. The third kappa shape index (κ3) is 3.28. The van der Waals surface area contributed by atoms with E-state index >= 15 is 0 Å². The van der Waals surface area contributed by atoms with Gasteiger partial charge in [-0.15, -0.1) is 0 Å². The van der Waals surface area contributed by atoms with Crippen molar-refractivity contribution in [3.63, 3.8) is 0 Å². The maximum atomic E-state index is 4.31. The van der Waals surface area contributed by atoms with E-state index in [1.54, 1.807) is 0 Å². The van der Waals surface area contributed by atoms with Gasteiger partial charge in [0.1, 0.15) is 5.82 Å². The summed E-state index contributed by atoms with van der Waals surface area (Å²) in [5.74, 6) is 1.79. The molecule has 3 nitrogen and oxygen atoms in total. The largest absolute Gasteiger partial charge is 0.349 e. The van der Waals surface area contributed by atoms with E-state index in [4.69, 9.17) is 0 Å². The Balaban J connectivity index is 1.59. The molecule has 1 unspecified atom stereocenters. The number of nitrogens with zero attached hydrogens (tertiary/aromatic N) is 2. The molecule has 0 spiro atoms. The summed E-state index contributed by atoms with van der Waals surface area (Å²) in [6, 6.07) is 9.00. The van der Waals surface area contributed by atoms with Gasteiger partial charge in [0.05, 0.1) is 0 Å². The molecule has 106 valence electrons. The Kier molecular flexibility index (Phi) is 4.16. The molecule has 1 aliphatic heterocycles. The molecule has 1 saturated heterocycles. The van der Waals surface area contributed by atoms with Crippen LogP contribution in [0.4, 0.5) is 0 Å². The van der Waals surface area contributed by atoms with Gasteiger partial charge in [0.2, 0.25) is 0 Å². The van der Waals surface area contributed by atoms with Gasteiger partial charge in [-0.2, -0.15) is 0 Å². The molecule has 2 aromatic rings. The van der Waals surface area contributed by atoms with Crippen LogP contribution in [0.1, 0.15) is 35.7 Å². The molecule has 1 aromatic carbocycles. The molecule has 1 fully saturated rings. The van der Waals surface area contributed by atoms with Gasteiger partial charge in [-0.1, -0.05) is 29.8 Å². The van der Waals surface area contributed by atoms with Crippen molar-refractivity contribution >= 4 is 0 Å². The minimum absolute atomic E-state index is 0.695. The number of likely N-dealkylation sites (tertiary alicyclic amines) is 1. The third-order valence-corrected chi connectivity index (χ3v) is 4.24. The predicted octanol–water partition coefficient (Wildman–Crippen LogP) is 3.14. The lowest BCUT2D eigenvalue weighted by molar-refractivity contribution is 0.209. The topological polar surface area (TPSA) is 31.9 Å². The fourth-order valence-electron chi connectivity index (χ4n) is 3.15. The van der Waals surface area contributed by atoms with E-state index in [-0.39, 0.29) is 0 Å². The Hall–Kier alpha value is -1.61. The molecular formula is C17H23N3. The number of benzene rings is 1. The van der Waals surface area contributed by atoms with Crippen LogP contribution in [0.15, 0.2) is 36.7 Å². The van der Waals surface area contributed by atoms with Crippen molar-refractivity contribution in [2.45, 2.75) is 32.1 Å². The average molecular weight is 269 g/mol. The van der Waals surface area contributed by atoms with Crippen molar-refractivity contribution in [2.75, 3.05) is 19.6 Å². The zero-order chi connectivity index (χ0) is 13.8. The number of nitrogens with one attached hydrogen (secondary N) is 1. The van der Waals surface area contributed by atoms with Crippen molar-refractivity contribution < 1.29 is 0 Å². The monoisotopic (exact) mass is 269 g/mol. The number of aryl methyl sites for hydroxylation is 1. The summed E-state index contributed by atoms with van der Waals surface area (Å²) in [4.78, 5) is 10.1. The second kappa shape index (κ2) is 6.23. The lowest BCUT2D eigenvalue weighted by Gasteiger charge is -2.33. The zero-order valence-electron chi connectivity index (χ0n) is 12.2. The zero-order valence-corrected chi connectivity index (χ0v) is 12.2. The van der Waals surface area contributed by atoms with Crippen LogP contribution in [0.25, 0.3) is 0 Å². The Morgan fingerprint density at radius 2 is 2.35 bits per heavy atom. The fraction of sp³-hybridized carbons (Fsp3) is 0.471. The van der Waals surface area contributed by atoms with E-state index in [0.717, 1.165) is 18.8 Å². The highest BCUT2D eigenvalue weighted by molar-refractivity contribution is 5.26. The van der Waals surface area contributed by atoms with Crippen molar-refractivity contribution in [1.82, 2.24) is 14.9 Å². The molecular weight excluding hydrogens is 246 g/mol. The Morgan fingerprint density at radius 1 is 1.40 bits per heavy atom. The van der Waals surface area contributed by atoms with Gasteiger partial charge in [0, 0.05) is 31.9 Å². The number of aromatic nitrogens is 2. The first-order valence-corrected chi connectivity index (χ1v) is 7.58. The van der Waals surface area contributed by atoms with Crippen LogP contribution >= 0.6 is 0 Å². The molecule has 0 radical (unpaired) electrons. The molecule has 1 atom stereocenters. The van der Waals surface area contributed by atoms with E-state index < -0.39 is 0 Å². The normalized spacial score (nSPS) is 20.1. The summed E-state index contributed by atoms with van der Waals surface area (Å²) in [5.41, 5.74) is 2.88. The van der Waals surface area contributed by atoms with E-state index in [0.29, 0.717) is 5.92 Å². The molecule has 20 heavy (non-hydrogen) atoms. The number of H-pyrrole nitrogens is 1. The first-order valence-electron chi connectivity index (χ1n) is 7.58. The minimum atomic E-state index is 0.695. The minimum Gasteiger partial charge on any atom is -0.349 e. The fourth-order valence-corrected chi connectivity index (χ4v) is 3.15. The number of piperidine rings is 1. The predicted molar refractivity (Wildman–Crippen MR) is 81.9 cm³/mol. The molecule has 2 heterocycles. The van der Waals surface area contributed by atoms with Crippen molar-refractivity contribution in [2.24, 2.45) is 0 Å². The molecule has 3 rings (SSSR count). The maximum Gasteiger partial charge on any atom is 0.107 e. The SMILES string of the molecule is Cc1cccc(C2CCCN(CCc3ncc[nH]3)C2)c1. The van der Waals surface area contributed by atoms with Crippen LogP contribution in [0.5, 0.6) is 0 Å². The third-order valence-electron chi connectivity index (χ3n) is 4.24. The quantitative estimate of drug-likeness (QED) is 0.924. The van der Waals surface area contributed by atoms with Crippen LogP contribution in [-0.4, -0.2) is 34.5 Å². The van der Waals surface area contributed by atoms with Crippen LogP contribution < -0.4 is 0 Å².